The normalized spacial score (nSPS) is 20.2. The smallest absolute Gasteiger partial charge is 0.338 e. The number of carbonyl (C=O) groups excluding carboxylic acids is 2. The van der Waals surface area contributed by atoms with E-state index < -0.39 is 0 Å². The highest BCUT2D eigenvalue weighted by molar-refractivity contribution is 5.89. The van der Waals surface area contributed by atoms with E-state index in [2.05, 4.69) is 6.92 Å². The lowest BCUT2D eigenvalue weighted by Gasteiger charge is -2.26. The molecule has 0 amide bonds. The van der Waals surface area contributed by atoms with Gasteiger partial charge in [-0.1, -0.05) is 13.3 Å². The van der Waals surface area contributed by atoms with Gasteiger partial charge in [-0.15, -0.1) is 0 Å². The molecule has 0 unspecified atom stereocenters. The van der Waals surface area contributed by atoms with Crippen molar-refractivity contribution in [1.29, 1.82) is 0 Å². The highest BCUT2D eigenvalue weighted by atomic mass is 16.5. The lowest BCUT2D eigenvalue weighted by molar-refractivity contribution is -0.147. The SMILES string of the molecule is CCCCOc1ccc(C(=O)OC2CCC(C(=O)OC)CC2)cc1. The molecule has 0 heterocycles. The highest BCUT2D eigenvalue weighted by Gasteiger charge is 2.28. The van der Waals surface area contributed by atoms with Crippen LogP contribution in [0.5, 0.6) is 5.75 Å². The molecule has 1 aliphatic carbocycles. The van der Waals surface area contributed by atoms with Gasteiger partial charge in [0.05, 0.1) is 25.2 Å². The van der Waals surface area contributed by atoms with Crippen molar-refractivity contribution >= 4 is 11.9 Å². The van der Waals surface area contributed by atoms with Gasteiger partial charge in [0.25, 0.3) is 0 Å². The first-order valence-corrected chi connectivity index (χ1v) is 8.65. The summed E-state index contributed by atoms with van der Waals surface area (Å²) in [7, 11) is 1.41. The molecule has 1 aromatic rings. The summed E-state index contributed by atoms with van der Waals surface area (Å²) in [6.07, 6.45) is 4.77. The first-order valence-electron chi connectivity index (χ1n) is 8.65. The molecule has 0 aromatic heterocycles. The van der Waals surface area contributed by atoms with Gasteiger partial charge in [-0.2, -0.15) is 0 Å². The zero-order valence-electron chi connectivity index (χ0n) is 14.5. The fourth-order valence-electron chi connectivity index (χ4n) is 2.82. The number of hydrogen-bond donors (Lipinski definition) is 0. The van der Waals surface area contributed by atoms with Gasteiger partial charge in [0.1, 0.15) is 11.9 Å². The van der Waals surface area contributed by atoms with Gasteiger partial charge in [0.2, 0.25) is 0 Å². The van der Waals surface area contributed by atoms with Crippen LogP contribution >= 0.6 is 0 Å². The van der Waals surface area contributed by atoms with E-state index in [1.807, 2.05) is 0 Å². The molecule has 0 atom stereocenters. The summed E-state index contributed by atoms with van der Waals surface area (Å²) in [4.78, 5) is 23.7. The number of unbranched alkanes of at least 4 members (excludes halogenated alkanes) is 1. The van der Waals surface area contributed by atoms with Crippen LogP contribution in [0.2, 0.25) is 0 Å². The quantitative estimate of drug-likeness (QED) is 0.561. The van der Waals surface area contributed by atoms with Crippen LogP contribution in [0.3, 0.4) is 0 Å². The summed E-state index contributed by atoms with van der Waals surface area (Å²) in [6.45, 7) is 2.80. The fraction of sp³-hybridized carbons (Fsp3) is 0.579. The first kappa shape index (κ1) is 18.3. The topological polar surface area (TPSA) is 61.8 Å². The Morgan fingerprint density at radius 1 is 1.08 bits per heavy atom. The highest BCUT2D eigenvalue weighted by Crippen LogP contribution is 2.27. The van der Waals surface area contributed by atoms with Gasteiger partial charge >= 0.3 is 11.9 Å². The Morgan fingerprint density at radius 2 is 1.75 bits per heavy atom. The Balaban J connectivity index is 1.79. The standard InChI is InChI=1S/C19H26O5/c1-3-4-13-23-16-9-5-15(6-10-16)19(21)24-17-11-7-14(8-12-17)18(20)22-2/h5-6,9-10,14,17H,3-4,7-8,11-13H2,1-2H3. The lowest BCUT2D eigenvalue weighted by atomic mass is 9.87. The summed E-state index contributed by atoms with van der Waals surface area (Å²) >= 11 is 0. The molecule has 0 radical (unpaired) electrons. The molecular formula is C19H26O5. The van der Waals surface area contributed by atoms with Gasteiger partial charge in [-0.25, -0.2) is 4.79 Å². The molecule has 0 N–H and O–H groups in total. The third-order valence-electron chi connectivity index (χ3n) is 4.34. The summed E-state index contributed by atoms with van der Waals surface area (Å²) < 4.78 is 15.9. The second kappa shape index (κ2) is 9.30. The molecule has 5 nitrogen and oxygen atoms in total. The number of ether oxygens (including phenoxy) is 3. The predicted octanol–water partition coefficient (Wildman–Crippen LogP) is 3.75. The maximum absolute atomic E-state index is 12.2. The minimum Gasteiger partial charge on any atom is -0.494 e. The Bertz CT molecular complexity index is 529. The third kappa shape index (κ3) is 5.25. The van der Waals surface area contributed by atoms with E-state index >= 15 is 0 Å². The van der Waals surface area contributed by atoms with Crippen molar-refractivity contribution in [3.05, 3.63) is 29.8 Å². The van der Waals surface area contributed by atoms with Crippen molar-refractivity contribution in [2.45, 2.75) is 51.6 Å². The van der Waals surface area contributed by atoms with E-state index in [1.165, 1.54) is 7.11 Å². The van der Waals surface area contributed by atoms with Crippen LogP contribution in [0.25, 0.3) is 0 Å². The molecular weight excluding hydrogens is 308 g/mol. The van der Waals surface area contributed by atoms with E-state index in [0.29, 0.717) is 37.9 Å². The number of carbonyl (C=O) groups is 2. The molecule has 1 fully saturated rings. The predicted molar refractivity (Wildman–Crippen MR) is 90.0 cm³/mol. The van der Waals surface area contributed by atoms with Crippen LogP contribution in [-0.4, -0.2) is 31.8 Å². The third-order valence-corrected chi connectivity index (χ3v) is 4.34. The maximum Gasteiger partial charge on any atom is 0.338 e. The van der Waals surface area contributed by atoms with Crippen molar-refractivity contribution in [1.82, 2.24) is 0 Å². The van der Waals surface area contributed by atoms with Crippen LogP contribution in [0.15, 0.2) is 24.3 Å². The molecule has 5 heteroatoms. The number of methoxy groups -OCH3 is 1. The van der Waals surface area contributed by atoms with Gasteiger partial charge < -0.3 is 14.2 Å². The van der Waals surface area contributed by atoms with Crippen LogP contribution in [0.1, 0.15) is 55.8 Å². The van der Waals surface area contributed by atoms with Crippen molar-refractivity contribution in [2.75, 3.05) is 13.7 Å². The average Bonchev–Trinajstić information content (AvgIpc) is 2.62. The molecule has 0 saturated heterocycles. The van der Waals surface area contributed by atoms with Crippen molar-refractivity contribution in [3.8, 4) is 5.75 Å². The number of hydrogen-bond acceptors (Lipinski definition) is 5. The van der Waals surface area contributed by atoms with Crippen molar-refractivity contribution in [3.63, 3.8) is 0 Å². The average molecular weight is 334 g/mol. The Labute approximate surface area is 143 Å². The van der Waals surface area contributed by atoms with Crippen LogP contribution in [0, 0.1) is 5.92 Å². The van der Waals surface area contributed by atoms with Crippen molar-refractivity contribution < 1.29 is 23.8 Å². The van der Waals surface area contributed by atoms with E-state index in [4.69, 9.17) is 14.2 Å². The zero-order chi connectivity index (χ0) is 17.4. The summed E-state index contributed by atoms with van der Waals surface area (Å²) in [5.74, 6) is 0.207. The minimum absolute atomic E-state index is 0.0653. The Hall–Kier alpha value is -2.04. The molecule has 24 heavy (non-hydrogen) atoms. The molecule has 2 rings (SSSR count). The first-order chi connectivity index (χ1) is 11.6. The summed E-state index contributed by atoms with van der Waals surface area (Å²) in [6, 6.07) is 7.04. The Kier molecular flexibility index (Phi) is 7.09. The lowest BCUT2D eigenvalue weighted by Crippen LogP contribution is -2.28. The molecule has 0 spiro atoms. The monoisotopic (exact) mass is 334 g/mol. The largest absolute Gasteiger partial charge is 0.494 e. The summed E-state index contributed by atoms with van der Waals surface area (Å²) in [5, 5.41) is 0. The number of benzene rings is 1. The van der Waals surface area contributed by atoms with Gasteiger partial charge in [0.15, 0.2) is 0 Å². The molecule has 1 aliphatic rings. The molecule has 0 bridgehead atoms. The van der Waals surface area contributed by atoms with E-state index in [1.54, 1.807) is 24.3 Å². The second-order valence-corrected chi connectivity index (χ2v) is 6.13. The van der Waals surface area contributed by atoms with Gasteiger partial charge in [-0.05, 0) is 56.4 Å². The number of esters is 2. The van der Waals surface area contributed by atoms with E-state index in [-0.39, 0.29) is 24.0 Å². The van der Waals surface area contributed by atoms with Crippen LogP contribution in [0.4, 0.5) is 0 Å². The Morgan fingerprint density at radius 3 is 2.33 bits per heavy atom. The summed E-state index contributed by atoms with van der Waals surface area (Å²) in [5.41, 5.74) is 0.521. The molecule has 1 aromatic carbocycles. The van der Waals surface area contributed by atoms with Crippen LogP contribution in [-0.2, 0) is 14.3 Å². The number of rotatable bonds is 7. The van der Waals surface area contributed by atoms with E-state index in [9.17, 15) is 9.59 Å². The molecule has 0 aliphatic heterocycles. The fourth-order valence-corrected chi connectivity index (χ4v) is 2.82. The molecule has 132 valence electrons. The molecule has 1 saturated carbocycles. The van der Waals surface area contributed by atoms with E-state index in [0.717, 1.165) is 18.6 Å². The second-order valence-electron chi connectivity index (χ2n) is 6.13. The minimum atomic E-state index is -0.323. The van der Waals surface area contributed by atoms with Gasteiger partial charge in [0, 0.05) is 0 Å². The van der Waals surface area contributed by atoms with Crippen molar-refractivity contribution in [2.24, 2.45) is 5.92 Å². The maximum atomic E-state index is 12.2. The van der Waals surface area contributed by atoms with Gasteiger partial charge in [-0.3, -0.25) is 4.79 Å². The van der Waals surface area contributed by atoms with Crippen LogP contribution < -0.4 is 4.74 Å². The zero-order valence-corrected chi connectivity index (χ0v) is 14.5.